The van der Waals surface area contributed by atoms with Gasteiger partial charge in [0.2, 0.25) is 0 Å². The van der Waals surface area contributed by atoms with Crippen molar-refractivity contribution in [1.29, 1.82) is 0 Å². The molecule has 0 saturated carbocycles. The second-order valence-corrected chi connectivity index (χ2v) is 4.97. The molecule has 3 rings (SSSR count). The van der Waals surface area contributed by atoms with Crippen molar-refractivity contribution < 1.29 is 9.63 Å². The molecule has 5 nitrogen and oxygen atoms in total. The van der Waals surface area contributed by atoms with E-state index < -0.39 is 6.09 Å². The number of aromatic nitrogens is 1. The SMILES string of the molecule is O=C(Nc1ccc(Cl)cc1)O/N=C/c1c[nH]c2ccccc12. The third-order valence-corrected chi connectivity index (χ3v) is 3.29. The second-order valence-electron chi connectivity index (χ2n) is 4.53. The number of fused-ring (bicyclic) bond motifs is 1. The van der Waals surface area contributed by atoms with E-state index in [2.05, 4.69) is 15.5 Å². The highest BCUT2D eigenvalue weighted by atomic mass is 35.5. The molecule has 0 aliphatic heterocycles. The number of nitrogens with zero attached hydrogens (tertiary/aromatic N) is 1. The molecule has 0 aliphatic carbocycles. The number of carbonyl (C=O) groups excluding carboxylic acids is 1. The highest BCUT2D eigenvalue weighted by Gasteiger charge is 2.03. The Bertz CT molecular complexity index is 825. The topological polar surface area (TPSA) is 66.5 Å². The lowest BCUT2D eigenvalue weighted by Gasteiger charge is -2.02. The van der Waals surface area contributed by atoms with Gasteiger partial charge in [-0.1, -0.05) is 35.0 Å². The Morgan fingerprint density at radius 3 is 2.77 bits per heavy atom. The lowest BCUT2D eigenvalue weighted by molar-refractivity contribution is 0.167. The molecule has 0 spiro atoms. The molecule has 2 aromatic carbocycles. The highest BCUT2D eigenvalue weighted by molar-refractivity contribution is 6.30. The van der Waals surface area contributed by atoms with Gasteiger partial charge < -0.3 is 4.98 Å². The number of benzene rings is 2. The molecule has 0 saturated heterocycles. The molecule has 110 valence electrons. The lowest BCUT2D eigenvalue weighted by atomic mass is 10.2. The van der Waals surface area contributed by atoms with Crippen LogP contribution in [0.4, 0.5) is 10.5 Å². The van der Waals surface area contributed by atoms with Gasteiger partial charge in [0, 0.05) is 33.4 Å². The molecule has 1 amide bonds. The Balaban J connectivity index is 1.62. The van der Waals surface area contributed by atoms with E-state index in [0.29, 0.717) is 10.7 Å². The molecule has 0 radical (unpaired) electrons. The number of nitrogens with one attached hydrogen (secondary N) is 2. The summed E-state index contributed by atoms with van der Waals surface area (Å²) in [5, 5.41) is 7.84. The number of anilines is 1. The van der Waals surface area contributed by atoms with Crippen molar-refractivity contribution >= 4 is 40.5 Å². The molecule has 0 fully saturated rings. The van der Waals surface area contributed by atoms with Crippen LogP contribution in [0, 0.1) is 0 Å². The van der Waals surface area contributed by atoms with E-state index in [9.17, 15) is 4.79 Å². The third kappa shape index (κ3) is 3.27. The van der Waals surface area contributed by atoms with Crippen LogP contribution in [0.5, 0.6) is 0 Å². The van der Waals surface area contributed by atoms with Crippen LogP contribution in [0.25, 0.3) is 10.9 Å². The van der Waals surface area contributed by atoms with E-state index in [1.165, 1.54) is 6.21 Å². The number of amides is 1. The van der Waals surface area contributed by atoms with Crippen LogP contribution >= 0.6 is 11.6 Å². The zero-order chi connectivity index (χ0) is 15.4. The zero-order valence-electron chi connectivity index (χ0n) is 11.4. The van der Waals surface area contributed by atoms with Gasteiger partial charge in [-0.3, -0.25) is 10.2 Å². The van der Waals surface area contributed by atoms with Gasteiger partial charge in [-0.2, -0.15) is 0 Å². The summed E-state index contributed by atoms with van der Waals surface area (Å²) in [4.78, 5) is 19.5. The molecule has 0 atom stereocenters. The summed E-state index contributed by atoms with van der Waals surface area (Å²) in [6.07, 6.45) is 2.62. The molecule has 1 heterocycles. The monoisotopic (exact) mass is 313 g/mol. The fourth-order valence-corrected chi connectivity index (χ4v) is 2.13. The maximum absolute atomic E-state index is 11.6. The summed E-state index contributed by atoms with van der Waals surface area (Å²) in [5.74, 6) is 0. The number of hydrogen-bond donors (Lipinski definition) is 2. The van der Waals surface area contributed by atoms with Crippen LogP contribution in [0.2, 0.25) is 5.02 Å². The summed E-state index contributed by atoms with van der Waals surface area (Å²) in [5.41, 5.74) is 2.42. The van der Waals surface area contributed by atoms with Crippen LogP contribution in [0.15, 0.2) is 59.9 Å². The van der Waals surface area contributed by atoms with Crippen molar-refractivity contribution in [1.82, 2.24) is 4.98 Å². The van der Waals surface area contributed by atoms with Crippen molar-refractivity contribution in [3.63, 3.8) is 0 Å². The number of para-hydroxylation sites is 1. The smallest absolute Gasteiger partial charge is 0.361 e. The van der Waals surface area contributed by atoms with Gasteiger partial charge in [-0.05, 0) is 30.3 Å². The van der Waals surface area contributed by atoms with Gasteiger partial charge in [0.1, 0.15) is 0 Å². The molecule has 3 aromatic rings. The van der Waals surface area contributed by atoms with Crippen molar-refractivity contribution in [2.24, 2.45) is 5.16 Å². The van der Waals surface area contributed by atoms with E-state index in [0.717, 1.165) is 16.5 Å². The van der Waals surface area contributed by atoms with Crippen LogP contribution in [0.3, 0.4) is 0 Å². The maximum atomic E-state index is 11.6. The largest absolute Gasteiger partial charge is 0.437 e. The first-order valence-corrected chi connectivity index (χ1v) is 6.93. The quantitative estimate of drug-likeness (QED) is 0.427. The molecule has 1 aromatic heterocycles. The van der Waals surface area contributed by atoms with Crippen LogP contribution < -0.4 is 5.32 Å². The zero-order valence-corrected chi connectivity index (χ0v) is 12.2. The number of hydrogen-bond acceptors (Lipinski definition) is 3. The van der Waals surface area contributed by atoms with Crippen LogP contribution in [0.1, 0.15) is 5.56 Å². The van der Waals surface area contributed by atoms with Crippen molar-refractivity contribution in [3.8, 4) is 0 Å². The second kappa shape index (κ2) is 6.32. The van der Waals surface area contributed by atoms with Crippen molar-refractivity contribution in [3.05, 3.63) is 65.3 Å². The van der Waals surface area contributed by atoms with E-state index in [4.69, 9.17) is 16.4 Å². The molecular formula is C16H12ClN3O2. The minimum atomic E-state index is -0.668. The van der Waals surface area contributed by atoms with Gasteiger partial charge in [0.05, 0.1) is 6.21 Å². The summed E-state index contributed by atoms with van der Waals surface area (Å²) in [7, 11) is 0. The fraction of sp³-hybridized carbons (Fsp3) is 0. The standard InChI is InChI=1S/C16H12ClN3O2/c17-12-5-7-13(8-6-12)20-16(21)22-19-10-11-9-18-15-4-2-1-3-14(11)15/h1-10,18H,(H,20,21)/b19-10+. The van der Waals surface area contributed by atoms with E-state index >= 15 is 0 Å². The number of carbonyl (C=O) groups is 1. The highest BCUT2D eigenvalue weighted by Crippen LogP contribution is 2.16. The molecule has 0 bridgehead atoms. The van der Waals surface area contributed by atoms with E-state index in [1.54, 1.807) is 30.5 Å². The van der Waals surface area contributed by atoms with Gasteiger partial charge in [0.15, 0.2) is 0 Å². The minimum Gasteiger partial charge on any atom is -0.361 e. The first-order chi connectivity index (χ1) is 10.7. The lowest BCUT2D eigenvalue weighted by Crippen LogP contribution is -2.10. The number of H-pyrrole nitrogens is 1. The molecular weight excluding hydrogens is 302 g/mol. The summed E-state index contributed by atoms with van der Waals surface area (Å²) in [6.45, 7) is 0. The van der Waals surface area contributed by atoms with Crippen LogP contribution in [-0.2, 0) is 4.84 Å². The van der Waals surface area contributed by atoms with Gasteiger partial charge in [-0.15, -0.1) is 0 Å². The first-order valence-electron chi connectivity index (χ1n) is 6.55. The van der Waals surface area contributed by atoms with Gasteiger partial charge in [0.25, 0.3) is 0 Å². The minimum absolute atomic E-state index is 0.580. The van der Waals surface area contributed by atoms with Crippen LogP contribution in [-0.4, -0.2) is 17.3 Å². The summed E-state index contributed by atoms with van der Waals surface area (Å²) >= 11 is 5.77. The Morgan fingerprint density at radius 1 is 1.18 bits per heavy atom. The van der Waals surface area contributed by atoms with E-state index in [1.807, 2.05) is 24.3 Å². The number of halogens is 1. The predicted molar refractivity (Wildman–Crippen MR) is 87.4 cm³/mol. The summed E-state index contributed by atoms with van der Waals surface area (Å²) < 4.78 is 0. The maximum Gasteiger partial charge on any atom is 0.437 e. The summed E-state index contributed by atoms with van der Waals surface area (Å²) in [6, 6.07) is 14.5. The Morgan fingerprint density at radius 2 is 1.95 bits per heavy atom. The van der Waals surface area contributed by atoms with Gasteiger partial charge in [-0.25, -0.2) is 4.79 Å². The molecule has 2 N–H and O–H groups in total. The molecule has 6 heteroatoms. The van der Waals surface area contributed by atoms with Crippen molar-refractivity contribution in [2.75, 3.05) is 5.32 Å². The fourth-order valence-electron chi connectivity index (χ4n) is 2.01. The Hall–Kier alpha value is -2.79. The third-order valence-electron chi connectivity index (χ3n) is 3.04. The average Bonchev–Trinajstić information content (AvgIpc) is 2.93. The van der Waals surface area contributed by atoms with Crippen molar-refractivity contribution in [2.45, 2.75) is 0 Å². The molecule has 22 heavy (non-hydrogen) atoms. The predicted octanol–water partition coefficient (Wildman–Crippen LogP) is 4.40. The number of aromatic amines is 1. The normalized spacial score (nSPS) is 11.0. The Labute approximate surface area is 131 Å². The van der Waals surface area contributed by atoms with Gasteiger partial charge >= 0.3 is 6.09 Å². The first kappa shape index (κ1) is 14.2. The average molecular weight is 314 g/mol. The Kier molecular flexibility index (Phi) is 4.07. The van der Waals surface area contributed by atoms with E-state index in [-0.39, 0.29) is 0 Å². The molecule has 0 aliphatic rings. The number of rotatable bonds is 3. The number of oxime groups is 1. The molecule has 0 unspecified atom stereocenters.